The summed E-state index contributed by atoms with van der Waals surface area (Å²) in [6.07, 6.45) is 1.29. The smallest absolute Gasteiger partial charge is 0.169 e. The van der Waals surface area contributed by atoms with Gasteiger partial charge in [-0.3, -0.25) is 0 Å². The number of thioether (sulfide) groups is 1. The number of hydrogen-bond acceptors (Lipinski definition) is 4. The number of anilines is 1. The molecule has 1 atom stereocenters. The molecule has 1 aliphatic rings. The van der Waals surface area contributed by atoms with Gasteiger partial charge < -0.3 is 4.90 Å². The molecule has 3 nitrogen and oxygen atoms in total. The molecule has 106 valence electrons. The van der Waals surface area contributed by atoms with Gasteiger partial charge in [0.25, 0.3) is 0 Å². The van der Waals surface area contributed by atoms with E-state index in [0.717, 1.165) is 22.3 Å². The Morgan fingerprint density at radius 1 is 1.53 bits per heavy atom. The molecule has 1 unspecified atom stereocenters. The second kappa shape index (κ2) is 6.24. The summed E-state index contributed by atoms with van der Waals surface area (Å²) < 4.78 is 23.8. The monoisotopic (exact) mass is 383 g/mol. The summed E-state index contributed by atoms with van der Waals surface area (Å²) in [7, 11) is -3.12. The first-order chi connectivity index (χ1) is 8.93. The molecule has 19 heavy (non-hydrogen) atoms. The number of nitrogens with zero attached hydrogens (tertiary/aromatic N) is 1. The van der Waals surface area contributed by atoms with E-state index in [9.17, 15) is 8.42 Å². The predicted octanol–water partition coefficient (Wildman–Crippen LogP) is 3.16. The molecule has 0 radical (unpaired) electrons. The molecule has 0 N–H and O–H groups in total. The van der Waals surface area contributed by atoms with Crippen LogP contribution in [0.3, 0.4) is 0 Å². The molecular formula is C12H15BrClNO2S2. The van der Waals surface area contributed by atoms with E-state index in [-0.39, 0.29) is 0 Å². The van der Waals surface area contributed by atoms with Gasteiger partial charge in [-0.1, -0.05) is 33.6 Å². The van der Waals surface area contributed by atoms with Crippen LogP contribution in [0.5, 0.6) is 0 Å². The van der Waals surface area contributed by atoms with E-state index >= 15 is 0 Å². The maximum atomic E-state index is 11.9. The fraction of sp³-hybridized carbons (Fsp3) is 0.500. The van der Waals surface area contributed by atoms with Gasteiger partial charge in [-0.25, -0.2) is 8.42 Å². The molecule has 1 aromatic carbocycles. The first kappa shape index (κ1) is 15.5. The highest BCUT2D eigenvalue weighted by Crippen LogP contribution is 2.33. The van der Waals surface area contributed by atoms with Crippen molar-refractivity contribution in [3.8, 4) is 0 Å². The summed E-state index contributed by atoms with van der Waals surface area (Å²) in [6, 6.07) is 5.76. The van der Waals surface area contributed by atoms with Crippen molar-refractivity contribution in [1.82, 2.24) is 0 Å². The minimum absolute atomic E-state index is 0.487. The molecule has 0 aliphatic carbocycles. The van der Waals surface area contributed by atoms with Gasteiger partial charge in [0.1, 0.15) is 5.37 Å². The lowest BCUT2D eigenvalue weighted by Crippen LogP contribution is -2.47. The van der Waals surface area contributed by atoms with Crippen molar-refractivity contribution in [1.29, 1.82) is 0 Å². The quantitative estimate of drug-likeness (QED) is 0.750. The van der Waals surface area contributed by atoms with Crippen LogP contribution in [0.15, 0.2) is 18.2 Å². The van der Waals surface area contributed by atoms with Crippen molar-refractivity contribution >= 4 is 54.8 Å². The third kappa shape index (κ3) is 3.60. The second-order valence-electron chi connectivity index (χ2n) is 4.47. The highest BCUT2D eigenvalue weighted by molar-refractivity contribution is 9.08. The maximum absolute atomic E-state index is 11.9. The van der Waals surface area contributed by atoms with E-state index in [4.69, 9.17) is 11.6 Å². The lowest BCUT2D eigenvalue weighted by molar-refractivity contribution is 0.584. The molecule has 0 bridgehead atoms. The molecule has 1 heterocycles. The van der Waals surface area contributed by atoms with Crippen molar-refractivity contribution in [3.05, 3.63) is 28.8 Å². The lowest BCUT2D eigenvalue weighted by atomic mass is 10.2. The molecule has 1 fully saturated rings. The van der Waals surface area contributed by atoms with E-state index < -0.39 is 15.2 Å². The van der Waals surface area contributed by atoms with Crippen LogP contribution in [0, 0.1) is 0 Å². The van der Waals surface area contributed by atoms with Crippen LogP contribution in [-0.4, -0.2) is 38.1 Å². The Balaban J connectivity index is 2.38. The van der Waals surface area contributed by atoms with Gasteiger partial charge in [0.05, 0.1) is 10.7 Å². The number of rotatable bonds is 3. The number of benzene rings is 1. The largest absolute Gasteiger partial charge is 0.352 e. The van der Waals surface area contributed by atoms with E-state index in [1.165, 1.54) is 6.26 Å². The number of sulfone groups is 1. The molecule has 0 amide bonds. The normalized spacial score (nSPS) is 20.6. The van der Waals surface area contributed by atoms with E-state index in [1.807, 2.05) is 23.1 Å². The van der Waals surface area contributed by atoms with E-state index in [1.54, 1.807) is 11.8 Å². The van der Waals surface area contributed by atoms with Crippen LogP contribution >= 0.6 is 39.3 Å². The standard InChI is InChI=1S/C12H15BrClNO2S2/c1-19(16,17)12-8-18-5-4-15(12)11-3-2-9(7-13)6-10(11)14/h2-3,6,12H,4-5,7-8H2,1H3. The van der Waals surface area contributed by atoms with Crippen LogP contribution in [0.4, 0.5) is 5.69 Å². The van der Waals surface area contributed by atoms with Crippen molar-refractivity contribution in [2.75, 3.05) is 29.2 Å². The molecule has 7 heteroatoms. The fourth-order valence-corrected chi connectivity index (χ4v) is 5.57. The molecule has 2 rings (SSSR count). The van der Waals surface area contributed by atoms with Crippen LogP contribution in [-0.2, 0) is 15.2 Å². The molecule has 1 aliphatic heterocycles. The zero-order valence-corrected chi connectivity index (χ0v) is 14.4. The van der Waals surface area contributed by atoms with E-state index in [2.05, 4.69) is 15.9 Å². The second-order valence-corrected chi connectivity index (χ2v) is 8.79. The maximum Gasteiger partial charge on any atom is 0.169 e. The Labute approximate surface area is 131 Å². The van der Waals surface area contributed by atoms with Gasteiger partial charge in [-0.15, -0.1) is 0 Å². The first-order valence-electron chi connectivity index (χ1n) is 5.81. The molecule has 0 spiro atoms. The Hall–Kier alpha value is 0.0900. The van der Waals surface area contributed by atoms with Gasteiger partial charge in [0.2, 0.25) is 0 Å². The number of halogens is 2. The fourth-order valence-electron chi connectivity index (χ4n) is 2.08. The number of hydrogen-bond donors (Lipinski definition) is 0. The SMILES string of the molecule is CS(=O)(=O)C1CSCCN1c1ccc(CBr)cc1Cl. The van der Waals surface area contributed by atoms with Gasteiger partial charge in [0, 0.05) is 29.6 Å². The zero-order valence-electron chi connectivity index (χ0n) is 10.5. The van der Waals surface area contributed by atoms with Crippen LogP contribution < -0.4 is 4.90 Å². The molecular weight excluding hydrogens is 370 g/mol. The van der Waals surface area contributed by atoms with Crippen molar-refractivity contribution < 1.29 is 8.42 Å². The summed E-state index contributed by atoms with van der Waals surface area (Å²) in [4.78, 5) is 1.91. The lowest BCUT2D eigenvalue weighted by Gasteiger charge is -2.36. The average Bonchev–Trinajstić information content (AvgIpc) is 2.37. The minimum Gasteiger partial charge on any atom is -0.352 e. The van der Waals surface area contributed by atoms with E-state index in [0.29, 0.717) is 17.3 Å². The third-order valence-electron chi connectivity index (χ3n) is 3.05. The molecule has 0 saturated carbocycles. The van der Waals surface area contributed by atoms with Gasteiger partial charge in [-0.2, -0.15) is 11.8 Å². The molecule has 1 aromatic rings. The van der Waals surface area contributed by atoms with Crippen LogP contribution in [0.1, 0.15) is 5.56 Å². The molecule has 1 saturated heterocycles. The number of alkyl halides is 1. The van der Waals surface area contributed by atoms with Gasteiger partial charge in [-0.05, 0) is 17.7 Å². The summed E-state index contributed by atoms with van der Waals surface area (Å²) in [5.74, 6) is 1.51. The molecule has 0 aromatic heterocycles. The highest BCUT2D eigenvalue weighted by atomic mass is 79.9. The minimum atomic E-state index is -3.12. The summed E-state index contributed by atoms with van der Waals surface area (Å²) in [6.45, 7) is 0.704. The van der Waals surface area contributed by atoms with Crippen molar-refractivity contribution in [3.63, 3.8) is 0 Å². The Kier molecular flexibility index (Phi) is 5.09. The highest BCUT2D eigenvalue weighted by Gasteiger charge is 2.32. The summed E-state index contributed by atoms with van der Waals surface area (Å²) >= 11 is 11.3. The topological polar surface area (TPSA) is 37.4 Å². The Bertz CT molecular complexity index is 565. The predicted molar refractivity (Wildman–Crippen MR) is 87.4 cm³/mol. The zero-order chi connectivity index (χ0) is 14.0. The Morgan fingerprint density at radius 2 is 2.26 bits per heavy atom. The van der Waals surface area contributed by atoms with Crippen molar-refractivity contribution in [2.24, 2.45) is 0 Å². The Morgan fingerprint density at radius 3 is 2.84 bits per heavy atom. The van der Waals surface area contributed by atoms with Crippen LogP contribution in [0.25, 0.3) is 0 Å². The first-order valence-corrected chi connectivity index (χ1v) is 10.4. The third-order valence-corrected chi connectivity index (χ3v) is 6.65. The van der Waals surface area contributed by atoms with Gasteiger partial charge >= 0.3 is 0 Å². The summed E-state index contributed by atoms with van der Waals surface area (Å²) in [5, 5.41) is 0.856. The van der Waals surface area contributed by atoms with Crippen LogP contribution in [0.2, 0.25) is 5.02 Å². The summed E-state index contributed by atoms with van der Waals surface area (Å²) in [5.41, 5.74) is 1.89. The average molecular weight is 385 g/mol. The van der Waals surface area contributed by atoms with Crippen molar-refractivity contribution in [2.45, 2.75) is 10.7 Å². The van der Waals surface area contributed by atoms with Gasteiger partial charge in [0.15, 0.2) is 9.84 Å².